The molecule has 2 aliphatic carbocycles. The maximum atomic E-state index is 9.35. The molecular weight excluding hydrogens is 348 g/mol. The van der Waals surface area contributed by atoms with E-state index in [1.807, 2.05) is 31.2 Å². The standard InChI is InChI=1S/C22H22N6/c1-14-6-9-26-12-18(14)19-11-15-10-16(27-21(25)22(13-23)7-8-22)4-2-3-5-17(15)20(24)28-19/h3,5-6,9-12H,2,4,7-8H2,1H3,(H2,24,28)(H2,25,27)/b5-3-,16-10+. The van der Waals surface area contributed by atoms with Gasteiger partial charge in [-0.15, -0.1) is 0 Å². The van der Waals surface area contributed by atoms with Crippen LogP contribution in [0.5, 0.6) is 0 Å². The van der Waals surface area contributed by atoms with Crippen molar-refractivity contribution in [2.75, 3.05) is 5.73 Å². The van der Waals surface area contributed by atoms with Gasteiger partial charge in [0.15, 0.2) is 0 Å². The normalized spacial score (nSPS) is 19.8. The topological polar surface area (TPSA) is 111 Å². The van der Waals surface area contributed by atoms with Crippen molar-refractivity contribution in [3.63, 3.8) is 0 Å². The largest absolute Gasteiger partial charge is 0.383 e. The van der Waals surface area contributed by atoms with Crippen LogP contribution in [0, 0.1) is 29.1 Å². The van der Waals surface area contributed by atoms with Gasteiger partial charge in [0, 0.05) is 29.2 Å². The van der Waals surface area contributed by atoms with Crippen molar-refractivity contribution in [3.8, 4) is 17.3 Å². The van der Waals surface area contributed by atoms with Crippen molar-refractivity contribution < 1.29 is 0 Å². The Kier molecular flexibility index (Phi) is 4.44. The lowest BCUT2D eigenvalue weighted by Crippen LogP contribution is -2.30. The third-order valence-electron chi connectivity index (χ3n) is 5.36. The number of aryl methyl sites for hydroxylation is 1. The number of nitriles is 1. The van der Waals surface area contributed by atoms with Crippen LogP contribution >= 0.6 is 0 Å². The van der Waals surface area contributed by atoms with E-state index in [1.54, 1.807) is 12.4 Å². The Hall–Kier alpha value is -3.46. The van der Waals surface area contributed by atoms with Gasteiger partial charge >= 0.3 is 0 Å². The highest BCUT2D eigenvalue weighted by Crippen LogP contribution is 2.45. The van der Waals surface area contributed by atoms with Crippen molar-refractivity contribution in [2.24, 2.45) is 5.41 Å². The first-order valence-corrected chi connectivity index (χ1v) is 9.38. The number of nitrogens with one attached hydrogen (secondary N) is 2. The molecule has 4 rings (SSSR count). The third-order valence-corrected chi connectivity index (χ3v) is 5.36. The van der Waals surface area contributed by atoms with E-state index in [0.717, 1.165) is 59.3 Å². The third kappa shape index (κ3) is 3.27. The Bertz CT molecular complexity index is 1050. The summed E-state index contributed by atoms with van der Waals surface area (Å²) in [5, 5.41) is 20.8. The molecule has 1 fully saturated rings. The second kappa shape index (κ2) is 6.93. The van der Waals surface area contributed by atoms with Crippen molar-refractivity contribution >= 4 is 23.8 Å². The predicted molar refractivity (Wildman–Crippen MR) is 111 cm³/mol. The summed E-state index contributed by atoms with van der Waals surface area (Å²) in [7, 11) is 0. The first-order chi connectivity index (χ1) is 13.5. The highest BCUT2D eigenvalue weighted by molar-refractivity contribution is 5.92. The quantitative estimate of drug-likeness (QED) is 0.557. The zero-order valence-electron chi connectivity index (χ0n) is 15.8. The van der Waals surface area contributed by atoms with Gasteiger partial charge in [-0.3, -0.25) is 10.4 Å². The second-order valence-electron chi connectivity index (χ2n) is 7.39. The molecule has 0 aromatic carbocycles. The van der Waals surface area contributed by atoms with E-state index in [-0.39, 0.29) is 5.84 Å². The van der Waals surface area contributed by atoms with Crippen LogP contribution in [0.4, 0.5) is 5.82 Å². The number of fused-ring (bicyclic) bond motifs is 1. The number of hydrogen-bond donors (Lipinski definition) is 3. The molecule has 0 amide bonds. The van der Waals surface area contributed by atoms with Crippen LogP contribution in [-0.4, -0.2) is 15.8 Å². The lowest BCUT2D eigenvalue weighted by atomic mass is 9.98. The molecular formula is C22H22N6. The number of pyridine rings is 2. The minimum absolute atomic E-state index is 0.290. The zero-order valence-corrected chi connectivity index (χ0v) is 15.8. The Morgan fingerprint density at radius 1 is 1.39 bits per heavy atom. The number of allylic oxidation sites excluding steroid dienone is 2. The number of nitrogens with zero attached hydrogens (tertiary/aromatic N) is 3. The fourth-order valence-electron chi connectivity index (χ4n) is 3.39. The minimum atomic E-state index is -0.628. The predicted octanol–water partition coefficient (Wildman–Crippen LogP) is 4.05. The van der Waals surface area contributed by atoms with E-state index >= 15 is 0 Å². The molecule has 0 radical (unpaired) electrons. The molecule has 6 heteroatoms. The number of aromatic nitrogens is 2. The molecule has 2 aliphatic rings. The van der Waals surface area contributed by atoms with Gasteiger partial charge < -0.3 is 11.1 Å². The van der Waals surface area contributed by atoms with E-state index in [0.29, 0.717) is 5.82 Å². The van der Waals surface area contributed by atoms with Crippen LogP contribution in [-0.2, 0) is 0 Å². The molecule has 0 aliphatic heterocycles. The number of nitrogen functional groups attached to an aromatic ring is 1. The summed E-state index contributed by atoms with van der Waals surface area (Å²) in [5.41, 5.74) is 11.2. The number of rotatable bonds is 3. The summed E-state index contributed by atoms with van der Waals surface area (Å²) >= 11 is 0. The van der Waals surface area contributed by atoms with E-state index in [4.69, 9.17) is 11.1 Å². The van der Waals surface area contributed by atoms with E-state index < -0.39 is 5.41 Å². The van der Waals surface area contributed by atoms with E-state index in [2.05, 4.69) is 27.4 Å². The molecule has 2 aromatic rings. The molecule has 0 unspecified atom stereocenters. The van der Waals surface area contributed by atoms with Crippen molar-refractivity contribution in [3.05, 3.63) is 53.0 Å². The molecule has 1 saturated carbocycles. The number of hydrogen-bond acceptors (Lipinski definition) is 5. The maximum Gasteiger partial charge on any atom is 0.131 e. The van der Waals surface area contributed by atoms with Crippen molar-refractivity contribution in [1.29, 1.82) is 10.7 Å². The van der Waals surface area contributed by atoms with Gasteiger partial charge in [-0.05, 0) is 61.9 Å². The lowest BCUT2D eigenvalue weighted by molar-refractivity contribution is 0.828. The summed E-state index contributed by atoms with van der Waals surface area (Å²) < 4.78 is 0. The van der Waals surface area contributed by atoms with E-state index in [1.165, 1.54) is 0 Å². The van der Waals surface area contributed by atoms with Crippen LogP contribution in [0.25, 0.3) is 23.4 Å². The first kappa shape index (κ1) is 17.9. The Morgan fingerprint density at radius 3 is 2.93 bits per heavy atom. The first-order valence-electron chi connectivity index (χ1n) is 9.38. The van der Waals surface area contributed by atoms with Crippen LogP contribution in [0.1, 0.15) is 42.4 Å². The van der Waals surface area contributed by atoms with Crippen LogP contribution < -0.4 is 11.1 Å². The van der Waals surface area contributed by atoms with Gasteiger partial charge in [0.05, 0.1) is 11.8 Å². The fourth-order valence-corrected chi connectivity index (χ4v) is 3.39. The summed E-state index contributed by atoms with van der Waals surface area (Å²) in [6.07, 6.45) is 12.8. The molecule has 6 nitrogen and oxygen atoms in total. The Balaban J connectivity index is 1.75. The number of anilines is 1. The van der Waals surface area contributed by atoms with Crippen LogP contribution in [0.15, 0.2) is 36.3 Å². The molecule has 0 bridgehead atoms. The molecule has 28 heavy (non-hydrogen) atoms. The molecule has 0 saturated heterocycles. The molecule has 0 spiro atoms. The molecule has 0 atom stereocenters. The summed E-state index contributed by atoms with van der Waals surface area (Å²) in [6, 6.07) is 6.23. The Morgan fingerprint density at radius 2 is 2.21 bits per heavy atom. The molecule has 2 heterocycles. The number of amidine groups is 1. The van der Waals surface area contributed by atoms with E-state index in [9.17, 15) is 5.26 Å². The van der Waals surface area contributed by atoms with Gasteiger partial charge in [-0.25, -0.2) is 4.98 Å². The van der Waals surface area contributed by atoms with Crippen molar-refractivity contribution in [1.82, 2.24) is 15.3 Å². The summed E-state index contributed by atoms with van der Waals surface area (Å²) in [5.74, 6) is 0.757. The highest BCUT2D eigenvalue weighted by atomic mass is 15.0. The smallest absolute Gasteiger partial charge is 0.131 e. The van der Waals surface area contributed by atoms with Crippen molar-refractivity contribution in [2.45, 2.75) is 32.6 Å². The van der Waals surface area contributed by atoms with Crippen LogP contribution in [0.2, 0.25) is 0 Å². The maximum absolute atomic E-state index is 9.35. The van der Waals surface area contributed by atoms with Crippen LogP contribution in [0.3, 0.4) is 0 Å². The highest BCUT2D eigenvalue weighted by Gasteiger charge is 2.48. The SMILES string of the molecule is Cc1ccncc1-c1cc2c(c(N)n1)/C=C\CC/C(NC(=N)C1(C#N)CC1)=C\2. The minimum Gasteiger partial charge on any atom is -0.383 e. The van der Waals surface area contributed by atoms with Gasteiger partial charge in [0.2, 0.25) is 0 Å². The molecule has 140 valence electrons. The number of nitrogens with two attached hydrogens (primary N) is 1. The van der Waals surface area contributed by atoms with Gasteiger partial charge in [-0.1, -0.05) is 12.2 Å². The average molecular weight is 370 g/mol. The van der Waals surface area contributed by atoms with Gasteiger partial charge in [-0.2, -0.15) is 5.26 Å². The fraction of sp³-hybridized carbons (Fsp3) is 0.273. The van der Waals surface area contributed by atoms with Gasteiger partial charge in [0.25, 0.3) is 0 Å². The average Bonchev–Trinajstić information content (AvgIpc) is 3.46. The Labute approximate surface area is 164 Å². The zero-order chi connectivity index (χ0) is 19.7. The summed E-state index contributed by atoms with van der Waals surface area (Å²) in [6.45, 7) is 2.02. The molecule has 4 N–H and O–H groups in total. The summed E-state index contributed by atoms with van der Waals surface area (Å²) in [4.78, 5) is 8.80. The monoisotopic (exact) mass is 370 g/mol. The molecule has 2 aromatic heterocycles. The second-order valence-corrected chi connectivity index (χ2v) is 7.39. The van der Waals surface area contributed by atoms with Gasteiger partial charge in [0.1, 0.15) is 17.1 Å². The lowest BCUT2D eigenvalue weighted by Gasteiger charge is -2.17.